The average Bonchev–Trinajstić information content (AvgIpc) is 3.30. The SMILES string of the molecule is CC(C)c1ccc(-c2nnn([C@@H](C)C(=O)Nc3ccc(N4CCOCC4)cc3)n2)cc1. The maximum Gasteiger partial charge on any atom is 0.250 e. The zero-order valence-corrected chi connectivity index (χ0v) is 18.2. The van der Waals surface area contributed by atoms with E-state index >= 15 is 0 Å². The first kappa shape index (κ1) is 21.0. The van der Waals surface area contributed by atoms with Gasteiger partial charge in [0.2, 0.25) is 5.82 Å². The first-order valence-electron chi connectivity index (χ1n) is 10.6. The second kappa shape index (κ2) is 9.26. The smallest absolute Gasteiger partial charge is 0.250 e. The molecule has 3 aromatic rings. The molecule has 1 saturated heterocycles. The van der Waals surface area contributed by atoms with Crippen molar-refractivity contribution in [2.24, 2.45) is 0 Å². The molecule has 4 rings (SSSR count). The molecule has 1 amide bonds. The van der Waals surface area contributed by atoms with Crippen LogP contribution in [0.25, 0.3) is 11.4 Å². The lowest BCUT2D eigenvalue weighted by atomic mass is 10.0. The number of aromatic nitrogens is 4. The Morgan fingerprint density at radius 3 is 2.32 bits per heavy atom. The van der Waals surface area contributed by atoms with E-state index in [1.54, 1.807) is 6.92 Å². The molecule has 2 aromatic carbocycles. The summed E-state index contributed by atoms with van der Waals surface area (Å²) in [6, 6.07) is 15.4. The van der Waals surface area contributed by atoms with E-state index in [1.165, 1.54) is 10.4 Å². The molecule has 1 atom stereocenters. The number of carbonyl (C=O) groups is 1. The quantitative estimate of drug-likeness (QED) is 0.657. The van der Waals surface area contributed by atoms with Crippen LogP contribution in [-0.4, -0.2) is 52.4 Å². The van der Waals surface area contributed by atoms with Crippen LogP contribution in [0.3, 0.4) is 0 Å². The normalized spacial score (nSPS) is 15.2. The summed E-state index contributed by atoms with van der Waals surface area (Å²) in [6.45, 7) is 9.30. The van der Waals surface area contributed by atoms with Crippen molar-refractivity contribution >= 4 is 17.3 Å². The number of ether oxygens (including phenoxy) is 1. The topological polar surface area (TPSA) is 85.2 Å². The predicted octanol–water partition coefficient (Wildman–Crippen LogP) is 3.50. The van der Waals surface area contributed by atoms with Gasteiger partial charge in [0, 0.05) is 30.0 Å². The Hall–Kier alpha value is -3.26. The minimum atomic E-state index is -0.588. The van der Waals surface area contributed by atoms with E-state index in [0.717, 1.165) is 43.2 Å². The summed E-state index contributed by atoms with van der Waals surface area (Å²) in [5, 5.41) is 15.5. The van der Waals surface area contributed by atoms with Gasteiger partial charge in [-0.3, -0.25) is 4.79 Å². The number of benzene rings is 2. The molecular formula is C23H28N6O2. The Morgan fingerprint density at radius 1 is 1.00 bits per heavy atom. The van der Waals surface area contributed by atoms with Crippen LogP contribution in [0.15, 0.2) is 48.5 Å². The third kappa shape index (κ3) is 4.91. The summed E-state index contributed by atoms with van der Waals surface area (Å²) >= 11 is 0. The molecule has 1 fully saturated rings. The fourth-order valence-electron chi connectivity index (χ4n) is 3.45. The van der Waals surface area contributed by atoms with Crippen LogP contribution >= 0.6 is 0 Å². The highest BCUT2D eigenvalue weighted by molar-refractivity contribution is 5.93. The van der Waals surface area contributed by atoms with Gasteiger partial charge in [0.05, 0.1) is 13.2 Å². The highest BCUT2D eigenvalue weighted by atomic mass is 16.5. The summed E-state index contributed by atoms with van der Waals surface area (Å²) in [5.74, 6) is 0.771. The highest BCUT2D eigenvalue weighted by Gasteiger charge is 2.19. The average molecular weight is 421 g/mol. The summed E-state index contributed by atoms with van der Waals surface area (Å²) in [5.41, 5.74) is 3.99. The second-order valence-electron chi connectivity index (χ2n) is 8.02. The van der Waals surface area contributed by atoms with Gasteiger partial charge in [-0.25, -0.2) is 0 Å². The largest absolute Gasteiger partial charge is 0.378 e. The van der Waals surface area contributed by atoms with E-state index in [4.69, 9.17) is 4.74 Å². The van der Waals surface area contributed by atoms with Crippen LogP contribution in [0.4, 0.5) is 11.4 Å². The van der Waals surface area contributed by atoms with E-state index in [-0.39, 0.29) is 5.91 Å². The van der Waals surface area contributed by atoms with Gasteiger partial charge in [-0.15, -0.1) is 10.2 Å². The van der Waals surface area contributed by atoms with Crippen LogP contribution in [0.2, 0.25) is 0 Å². The van der Waals surface area contributed by atoms with Gasteiger partial charge in [0.15, 0.2) is 0 Å². The number of hydrogen-bond donors (Lipinski definition) is 1. The molecule has 0 aliphatic carbocycles. The molecule has 0 unspecified atom stereocenters. The highest BCUT2D eigenvalue weighted by Crippen LogP contribution is 2.21. The Bertz CT molecular complexity index is 1010. The number of nitrogens with one attached hydrogen (secondary N) is 1. The van der Waals surface area contributed by atoms with Crippen molar-refractivity contribution in [1.29, 1.82) is 0 Å². The van der Waals surface area contributed by atoms with Crippen molar-refractivity contribution in [2.75, 3.05) is 36.5 Å². The van der Waals surface area contributed by atoms with Gasteiger partial charge < -0.3 is 15.0 Å². The molecule has 2 heterocycles. The third-order valence-electron chi connectivity index (χ3n) is 5.50. The van der Waals surface area contributed by atoms with Gasteiger partial charge in [-0.05, 0) is 47.9 Å². The van der Waals surface area contributed by atoms with Crippen LogP contribution in [-0.2, 0) is 9.53 Å². The van der Waals surface area contributed by atoms with Crippen molar-refractivity contribution in [3.63, 3.8) is 0 Å². The number of morpholine rings is 1. The van der Waals surface area contributed by atoms with Crippen molar-refractivity contribution in [2.45, 2.75) is 32.7 Å². The molecule has 0 radical (unpaired) electrons. The molecular weight excluding hydrogens is 392 g/mol. The summed E-state index contributed by atoms with van der Waals surface area (Å²) in [7, 11) is 0. The minimum absolute atomic E-state index is 0.196. The molecule has 0 bridgehead atoms. The predicted molar refractivity (Wildman–Crippen MR) is 120 cm³/mol. The number of tetrazole rings is 1. The molecule has 8 heteroatoms. The van der Waals surface area contributed by atoms with Gasteiger partial charge >= 0.3 is 0 Å². The van der Waals surface area contributed by atoms with Gasteiger partial charge in [-0.2, -0.15) is 4.80 Å². The van der Waals surface area contributed by atoms with Gasteiger partial charge in [-0.1, -0.05) is 38.1 Å². The van der Waals surface area contributed by atoms with Gasteiger partial charge in [0.25, 0.3) is 5.91 Å². The van der Waals surface area contributed by atoms with E-state index in [2.05, 4.69) is 51.6 Å². The number of nitrogens with zero attached hydrogens (tertiary/aromatic N) is 5. The second-order valence-corrected chi connectivity index (χ2v) is 8.02. The van der Waals surface area contributed by atoms with E-state index in [9.17, 15) is 4.79 Å². The molecule has 31 heavy (non-hydrogen) atoms. The summed E-state index contributed by atoms with van der Waals surface area (Å²) in [6.07, 6.45) is 0. The number of hydrogen-bond acceptors (Lipinski definition) is 6. The standard InChI is InChI=1S/C23H28N6O2/c1-16(2)18-4-6-19(7-5-18)22-25-27-29(26-22)17(3)23(30)24-20-8-10-21(11-9-20)28-12-14-31-15-13-28/h4-11,16-17H,12-15H2,1-3H3,(H,24,30)/t17-/m0/s1. The van der Waals surface area contributed by atoms with Crippen molar-refractivity contribution < 1.29 is 9.53 Å². The maximum atomic E-state index is 12.7. The van der Waals surface area contributed by atoms with Crippen LogP contribution in [0.1, 0.15) is 38.3 Å². The number of anilines is 2. The van der Waals surface area contributed by atoms with E-state index in [0.29, 0.717) is 11.7 Å². The Balaban J connectivity index is 1.39. The number of amides is 1. The zero-order valence-electron chi connectivity index (χ0n) is 18.2. The third-order valence-corrected chi connectivity index (χ3v) is 5.50. The van der Waals surface area contributed by atoms with Crippen molar-refractivity contribution in [3.05, 3.63) is 54.1 Å². The van der Waals surface area contributed by atoms with Crippen LogP contribution < -0.4 is 10.2 Å². The molecule has 1 aliphatic rings. The monoisotopic (exact) mass is 420 g/mol. The first-order valence-corrected chi connectivity index (χ1v) is 10.6. The Kier molecular flexibility index (Phi) is 6.27. The number of rotatable bonds is 6. The lowest BCUT2D eigenvalue weighted by Crippen LogP contribution is -2.36. The van der Waals surface area contributed by atoms with Crippen molar-refractivity contribution in [3.8, 4) is 11.4 Å². The molecule has 162 valence electrons. The Morgan fingerprint density at radius 2 is 1.68 bits per heavy atom. The fraction of sp³-hybridized carbons (Fsp3) is 0.391. The number of carbonyl (C=O) groups excluding carboxylic acids is 1. The zero-order chi connectivity index (χ0) is 21.8. The fourth-order valence-corrected chi connectivity index (χ4v) is 3.45. The van der Waals surface area contributed by atoms with E-state index < -0.39 is 6.04 Å². The molecule has 8 nitrogen and oxygen atoms in total. The lowest BCUT2D eigenvalue weighted by Gasteiger charge is -2.28. The molecule has 0 spiro atoms. The van der Waals surface area contributed by atoms with Gasteiger partial charge in [0.1, 0.15) is 6.04 Å². The summed E-state index contributed by atoms with van der Waals surface area (Å²) in [4.78, 5) is 16.3. The molecule has 1 aromatic heterocycles. The summed E-state index contributed by atoms with van der Waals surface area (Å²) < 4.78 is 5.39. The molecule has 0 saturated carbocycles. The van der Waals surface area contributed by atoms with Crippen LogP contribution in [0, 0.1) is 0 Å². The van der Waals surface area contributed by atoms with Crippen LogP contribution in [0.5, 0.6) is 0 Å². The lowest BCUT2D eigenvalue weighted by molar-refractivity contribution is -0.119. The molecule has 1 N–H and O–H groups in total. The Labute approximate surface area is 182 Å². The van der Waals surface area contributed by atoms with E-state index in [1.807, 2.05) is 36.4 Å². The first-order chi connectivity index (χ1) is 15.0. The minimum Gasteiger partial charge on any atom is -0.378 e. The molecule has 1 aliphatic heterocycles. The van der Waals surface area contributed by atoms with Crippen molar-refractivity contribution in [1.82, 2.24) is 20.2 Å². The maximum absolute atomic E-state index is 12.7.